The molecule has 0 aliphatic carbocycles. The van der Waals surface area contributed by atoms with E-state index in [-0.39, 0.29) is 11.5 Å². The lowest BCUT2D eigenvalue weighted by atomic mass is 10.0. The van der Waals surface area contributed by atoms with Gasteiger partial charge in [0.25, 0.3) is 0 Å². The highest BCUT2D eigenvalue weighted by atomic mass is 33.1. The van der Waals surface area contributed by atoms with Gasteiger partial charge < -0.3 is 9.47 Å². The first-order valence-electron chi connectivity index (χ1n) is 9.81. The molecule has 150 valence electrons. The van der Waals surface area contributed by atoms with Crippen molar-refractivity contribution < 1.29 is 9.47 Å². The van der Waals surface area contributed by atoms with Crippen LogP contribution < -0.4 is 0 Å². The van der Waals surface area contributed by atoms with Gasteiger partial charge in [0.1, 0.15) is 5.44 Å². The maximum absolute atomic E-state index is 6.13. The van der Waals surface area contributed by atoms with E-state index in [2.05, 4.69) is 71.6 Å². The molecule has 0 aromatic heterocycles. The Morgan fingerprint density at radius 2 is 1.54 bits per heavy atom. The second kappa shape index (κ2) is 12.5. The first kappa shape index (κ1) is 24.1. The summed E-state index contributed by atoms with van der Waals surface area (Å²) < 4.78 is 11.7. The Morgan fingerprint density at radius 3 is 2.08 bits per heavy atom. The van der Waals surface area contributed by atoms with Crippen molar-refractivity contribution in [3.8, 4) is 0 Å². The van der Waals surface area contributed by atoms with Gasteiger partial charge in [0.05, 0.1) is 19.3 Å². The van der Waals surface area contributed by atoms with E-state index in [0.29, 0.717) is 13.2 Å². The number of hydrogen-bond acceptors (Lipinski definition) is 4. The minimum atomic E-state index is -1.17. The van der Waals surface area contributed by atoms with Crippen molar-refractivity contribution in [2.24, 2.45) is 5.92 Å². The van der Waals surface area contributed by atoms with Crippen LogP contribution in [-0.2, 0) is 15.9 Å². The van der Waals surface area contributed by atoms with E-state index in [9.17, 15) is 0 Å². The summed E-state index contributed by atoms with van der Waals surface area (Å²) in [5.74, 6) is 0.763. The standard InChI is InChI=1S/C21H38O2S2Si/c1-17(2)8-9-19-10-12-20(13-11-19)24-25-21(16-26(5,6)7)23-15-14-22-18(3)4/h10-13,17-18,21H,8-9,14-16H2,1-7H3. The summed E-state index contributed by atoms with van der Waals surface area (Å²) >= 11 is 0. The minimum absolute atomic E-state index is 0.239. The van der Waals surface area contributed by atoms with E-state index in [1.54, 1.807) is 0 Å². The monoisotopic (exact) mass is 414 g/mol. The molecule has 1 aromatic carbocycles. The average Bonchev–Trinajstić information content (AvgIpc) is 2.54. The number of benzene rings is 1. The molecule has 1 atom stereocenters. The molecular weight excluding hydrogens is 376 g/mol. The molecule has 0 radical (unpaired) electrons. The molecule has 0 heterocycles. The number of hydrogen-bond donors (Lipinski definition) is 0. The van der Waals surface area contributed by atoms with Crippen molar-refractivity contribution in [1.82, 2.24) is 0 Å². The van der Waals surface area contributed by atoms with Crippen molar-refractivity contribution in [1.29, 1.82) is 0 Å². The largest absolute Gasteiger partial charge is 0.376 e. The molecule has 0 amide bonds. The summed E-state index contributed by atoms with van der Waals surface area (Å²) in [4.78, 5) is 1.31. The Bertz CT molecular complexity index is 484. The maximum atomic E-state index is 6.13. The number of aryl methyl sites for hydroxylation is 1. The topological polar surface area (TPSA) is 18.5 Å². The lowest BCUT2D eigenvalue weighted by Crippen LogP contribution is -2.27. The van der Waals surface area contributed by atoms with Crippen molar-refractivity contribution in [3.63, 3.8) is 0 Å². The second-order valence-electron chi connectivity index (χ2n) is 8.74. The Hall–Kier alpha value is 0.0569. The molecule has 1 unspecified atom stereocenters. The van der Waals surface area contributed by atoms with E-state index in [1.165, 1.54) is 29.3 Å². The van der Waals surface area contributed by atoms with Crippen molar-refractivity contribution in [2.75, 3.05) is 13.2 Å². The number of ether oxygens (including phenoxy) is 2. The molecule has 26 heavy (non-hydrogen) atoms. The van der Waals surface area contributed by atoms with E-state index in [0.717, 1.165) is 5.92 Å². The third-order valence-corrected chi connectivity index (χ3v) is 8.28. The van der Waals surface area contributed by atoms with E-state index in [1.807, 2.05) is 21.6 Å². The van der Waals surface area contributed by atoms with E-state index < -0.39 is 8.07 Å². The molecule has 0 aliphatic heterocycles. The van der Waals surface area contributed by atoms with Crippen LogP contribution >= 0.6 is 21.6 Å². The van der Waals surface area contributed by atoms with Crippen LogP contribution in [0, 0.1) is 5.92 Å². The Morgan fingerprint density at radius 1 is 0.923 bits per heavy atom. The fraction of sp³-hybridized carbons (Fsp3) is 0.714. The number of rotatable bonds is 13. The molecule has 0 aliphatic rings. The van der Waals surface area contributed by atoms with Gasteiger partial charge in [-0.2, -0.15) is 0 Å². The summed E-state index contributed by atoms with van der Waals surface area (Å²) in [6.45, 7) is 17.3. The summed E-state index contributed by atoms with van der Waals surface area (Å²) in [7, 11) is 2.53. The predicted octanol–water partition coefficient (Wildman–Crippen LogP) is 7.12. The van der Waals surface area contributed by atoms with Gasteiger partial charge in [0.2, 0.25) is 0 Å². The molecule has 0 saturated carbocycles. The van der Waals surface area contributed by atoms with E-state index in [4.69, 9.17) is 9.47 Å². The summed E-state index contributed by atoms with van der Waals surface area (Å²) in [5, 5.41) is 0. The quantitative estimate of drug-likeness (QED) is 0.148. The highest BCUT2D eigenvalue weighted by Gasteiger charge is 2.22. The summed E-state index contributed by atoms with van der Waals surface area (Å²) in [6.07, 6.45) is 2.70. The van der Waals surface area contributed by atoms with Crippen LogP contribution in [0.5, 0.6) is 0 Å². The highest BCUT2D eigenvalue weighted by molar-refractivity contribution is 8.76. The van der Waals surface area contributed by atoms with Crippen LogP contribution in [0.1, 0.15) is 39.7 Å². The molecule has 0 fully saturated rings. The Kier molecular flexibility index (Phi) is 11.6. The second-order valence-corrected chi connectivity index (χ2v) is 16.7. The zero-order valence-corrected chi connectivity index (χ0v) is 20.3. The van der Waals surface area contributed by atoms with Crippen molar-refractivity contribution in [2.45, 2.75) is 82.7 Å². The lowest BCUT2D eigenvalue weighted by molar-refractivity contribution is 0.0158. The van der Waals surface area contributed by atoms with Gasteiger partial charge in [-0.15, -0.1) is 0 Å². The third kappa shape index (κ3) is 12.4. The van der Waals surface area contributed by atoms with Crippen molar-refractivity contribution in [3.05, 3.63) is 29.8 Å². The highest BCUT2D eigenvalue weighted by Crippen LogP contribution is 2.38. The van der Waals surface area contributed by atoms with Gasteiger partial charge in [-0.25, -0.2) is 0 Å². The molecule has 0 N–H and O–H groups in total. The molecule has 1 aromatic rings. The molecule has 0 bridgehead atoms. The molecule has 2 nitrogen and oxygen atoms in total. The Labute approximate surface area is 170 Å². The zero-order chi connectivity index (χ0) is 19.6. The first-order chi connectivity index (χ1) is 12.2. The van der Waals surface area contributed by atoms with Gasteiger partial charge in [-0.3, -0.25) is 0 Å². The van der Waals surface area contributed by atoms with Crippen LogP contribution in [0.25, 0.3) is 0 Å². The smallest absolute Gasteiger partial charge is 0.111 e. The van der Waals surface area contributed by atoms with Crippen LogP contribution in [0.15, 0.2) is 29.2 Å². The minimum Gasteiger partial charge on any atom is -0.376 e. The molecule has 5 heteroatoms. The summed E-state index contributed by atoms with van der Waals surface area (Å²) in [6, 6.07) is 10.2. The molecule has 1 rings (SSSR count). The maximum Gasteiger partial charge on any atom is 0.111 e. The fourth-order valence-corrected chi connectivity index (χ4v) is 7.64. The van der Waals surface area contributed by atoms with Crippen LogP contribution in [0.4, 0.5) is 0 Å². The normalized spacial score (nSPS) is 13.6. The molecular formula is C21H38O2S2Si. The van der Waals surface area contributed by atoms with Crippen LogP contribution in [-0.4, -0.2) is 32.8 Å². The first-order valence-corrected chi connectivity index (χ1v) is 15.7. The molecule has 0 spiro atoms. The van der Waals surface area contributed by atoms with Gasteiger partial charge >= 0.3 is 0 Å². The zero-order valence-electron chi connectivity index (χ0n) is 17.7. The predicted molar refractivity (Wildman–Crippen MR) is 122 cm³/mol. The lowest BCUT2D eigenvalue weighted by Gasteiger charge is -2.24. The Balaban J connectivity index is 2.48. The average molecular weight is 415 g/mol. The van der Waals surface area contributed by atoms with Gasteiger partial charge in [0.15, 0.2) is 0 Å². The van der Waals surface area contributed by atoms with E-state index >= 15 is 0 Å². The SMILES string of the molecule is CC(C)CCc1ccc(SSC(C[Si](C)(C)C)OCCOC(C)C)cc1. The van der Waals surface area contributed by atoms with Gasteiger partial charge in [-0.05, 0) is 56.3 Å². The molecule has 0 saturated heterocycles. The van der Waals surface area contributed by atoms with Gasteiger partial charge in [0, 0.05) is 13.0 Å². The third-order valence-electron chi connectivity index (χ3n) is 3.80. The fourth-order valence-electron chi connectivity index (χ4n) is 2.36. The summed E-state index contributed by atoms with van der Waals surface area (Å²) in [5.41, 5.74) is 1.68. The van der Waals surface area contributed by atoms with Crippen molar-refractivity contribution >= 4 is 29.7 Å². The van der Waals surface area contributed by atoms with Crippen LogP contribution in [0.2, 0.25) is 25.7 Å². The van der Waals surface area contributed by atoms with Gasteiger partial charge in [-0.1, -0.05) is 67.2 Å². The van der Waals surface area contributed by atoms with Crippen LogP contribution in [0.3, 0.4) is 0 Å².